The monoisotopic (exact) mass is 233 g/mol. The Morgan fingerprint density at radius 2 is 2.18 bits per heavy atom. The van der Waals surface area contributed by atoms with Crippen molar-refractivity contribution in [1.82, 2.24) is 0 Å². The Hall–Kier alpha value is -0.860. The molecular formula is C15H23NO. The molecule has 0 heterocycles. The Morgan fingerprint density at radius 1 is 1.35 bits per heavy atom. The maximum Gasteiger partial charge on any atom is 0.0466 e. The minimum absolute atomic E-state index is 0.224. The number of hydrogen-bond donors (Lipinski definition) is 1. The van der Waals surface area contributed by atoms with Gasteiger partial charge in [0.15, 0.2) is 0 Å². The van der Waals surface area contributed by atoms with Crippen LogP contribution in [0.4, 0.5) is 0 Å². The van der Waals surface area contributed by atoms with Crippen molar-refractivity contribution in [3.05, 3.63) is 35.4 Å². The second-order valence-electron chi connectivity index (χ2n) is 4.86. The minimum Gasteiger partial charge on any atom is -0.382 e. The van der Waals surface area contributed by atoms with Crippen molar-refractivity contribution >= 4 is 0 Å². The van der Waals surface area contributed by atoms with Crippen LogP contribution in [-0.2, 0) is 11.2 Å². The maximum atomic E-state index is 6.36. The third kappa shape index (κ3) is 3.08. The zero-order valence-electron chi connectivity index (χ0n) is 10.7. The number of hydrogen-bond acceptors (Lipinski definition) is 2. The molecule has 2 heteroatoms. The first-order valence-electron chi connectivity index (χ1n) is 6.74. The Morgan fingerprint density at radius 3 is 3.00 bits per heavy atom. The van der Waals surface area contributed by atoms with E-state index in [1.54, 1.807) is 0 Å². The van der Waals surface area contributed by atoms with Gasteiger partial charge >= 0.3 is 0 Å². The van der Waals surface area contributed by atoms with Gasteiger partial charge in [0.25, 0.3) is 0 Å². The van der Waals surface area contributed by atoms with Crippen LogP contribution in [0, 0.1) is 5.92 Å². The van der Waals surface area contributed by atoms with Crippen LogP contribution in [0.25, 0.3) is 0 Å². The van der Waals surface area contributed by atoms with Gasteiger partial charge in [-0.1, -0.05) is 24.3 Å². The zero-order chi connectivity index (χ0) is 12.1. The van der Waals surface area contributed by atoms with E-state index >= 15 is 0 Å². The molecule has 0 saturated carbocycles. The van der Waals surface area contributed by atoms with Gasteiger partial charge in [0, 0.05) is 19.3 Å². The van der Waals surface area contributed by atoms with E-state index in [2.05, 4.69) is 24.3 Å². The summed E-state index contributed by atoms with van der Waals surface area (Å²) < 4.78 is 5.39. The smallest absolute Gasteiger partial charge is 0.0466 e. The Bertz CT molecular complexity index is 351. The fraction of sp³-hybridized carbons (Fsp3) is 0.600. The highest BCUT2D eigenvalue weighted by atomic mass is 16.5. The predicted octanol–water partition coefficient (Wildman–Crippen LogP) is 3.07. The molecule has 1 aliphatic carbocycles. The van der Waals surface area contributed by atoms with E-state index in [1.165, 1.54) is 30.4 Å². The first-order valence-corrected chi connectivity index (χ1v) is 6.74. The van der Waals surface area contributed by atoms with Crippen molar-refractivity contribution in [2.45, 2.75) is 38.6 Å². The molecule has 2 atom stereocenters. The zero-order valence-corrected chi connectivity index (χ0v) is 10.7. The summed E-state index contributed by atoms with van der Waals surface area (Å²) in [5, 5.41) is 0. The van der Waals surface area contributed by atoms with Crippen molar-refractivity contribution in [3.8, 4) is 0 Å². The molecule has 0 bridgehead atoms. The normalized spacial score (nSPS) is 23.4. The number of nitrogens with two attached hydrogens (primary N) is 1. The molecule has 0 saturated heterocycles. The maximum absolute atomic E-state index is 6.36. The SMILES string of the molecule is CCOCCCC1CCc2ccccc2C1N. The molecule has 2 N–H and O–H groups in total. The van der Waals surface area contributed by atoms with E-state index in [1.807, 2.05) is 6.92 Å². The lowest BCUT2D eigenvalue weighted by Crippen LogP contribution is -2.27. The fourth-order valence-corrected chi connectivity index (χ4v) is 2.78. The van der Waals surface area contributed by atoms with Crippen LogP contribution in [-0.4, -0.2) is 13.2 Å². The number of fused-ring (bicyclic) bond motifs is 1. The Kier molecular flexibility index (Phi) is 4.57. The minimum atomic E-state index is 0.224. The van der Waals surface area contributed by atoms with Crippen LogP contribution < -0.4 is 5.73 Å². The average molecular weight is 233 g/mol. The molecule has 0 spiro atoms. The third-order valence-electron chi connectivity index (χ3n) is 3.77. The van der Waals surface area contributed by atoms with E-state index in [-0.39, 0.29) is 6.04 Å². The Labute approximate surface area is 104 Å². The van der Waals surface area contributed by atoms with Gasteiger partial charge in [-0.3, -0.25) is 0 Å². The summed E-state index contributed by atoms with van der Waals surface area (Å²) in [5.41, 5.74) is 9.17. The summed E-state index contributed by atoms with van der Waals surface area (Å²) in [5.74, 6) is 0.630. The number of aryl methyl sites for hydroxylation is 1. The van der Waals surface area contributed by atoms with Crippen molar-refractivity contribution in [3.63, 3.8) is 0 Å². The summed E-state index contributed by atoms with van der Waals surface area (Å²) in [4.78, 5) is 0. The lowest BCUT2D eigenvalue weighted by atomic mass is 9.78. The van der Waals surface area contributed by atoms with E-state index in [9.17, 15) is 0 Å². The molecule has 17 heavy (non-hydrogen) atoms. The van der Waals surface area contributed by atoms with Gasteiger partial charge in [0.2, 0.25) is 0 Å². The van der Waals surface area contributed by atoms with E-state index in [0.717, 1.165) is 19.6 Å². The van der Waals surface area contributed by atoms with Gasteiger partial charge in [-0.05, 0) is 49.7 Å². The molecule has 0 radical (unpaired) electrons. The summed E-state index contributed by atoms with van der Waals surface area (Å²) >= 11 is 0. The standard InChI is InChI=1S/C15H23NO/c1-2-17-11-5-7-13-10-9-12-6-3-4-8-14(12)15(13)16/h3-4,6,8,13,15H,2,5,7,9-11,16H2,1H3. The van der Waals surface area contributed by atoms with Gasteiger partial charge in [0.1, 0.15) is 0 Å². The fourth-order valence-electron chi connectivity index (χ4n) is 2.78. The molecule has 0 amide bonds. The van der Waals surface area contributed by atoms with E-state index < -0.39 is 0 Å². The van der Waals surface area contributed by atoms with E-state index in [4.69, 9.17) is 10.5 Å². The lowest BCUT2D eigenvalue weighted by Gasteiger charge is -2.31. The molecule has 1 aromatic rings. The van der Waals surface area contributed by atoms with Crippen molar-refractivity contribution in [2.75, 3.05) is 13.2 Å². The van der Waals surface area contributed by atoms with Crippen molar-refractivity contribution in [1.29, 1.82) is 0 Å². The average Bonchev–Trinajstić information content (AvgIpc) is 2.37. The third-order valence-corrected chi connectivity index (χ3v) is 3.77. The molecule has 1 aromatic carbocycles. The van der Waals surface area contributed by atoms with Gasteiger partial charge in [-0.2, -0.15) is 0 Å². The summed E-state index contributed by atoms with van der Waals surface area (Å²) in [7, 11) is 0. The molecule has 0 fully saturated rings. The summed E-state index contributed by atoms with van der Waals surface area (Å²) in [6.07, 6.45) is 4.73. The molecular weight excluding hydrogens is 210 g/mol. The number of benzene rings is 1. The van der Waals surface area contributed by atoms with Gasteiger partial charge in [-0.15, -0.1) is 0 Å². The lowest BCUT2D eigenvalue weighted by molar-refractivity contribution is 0.136. The van der Waals surface area contributed by atoms with Crippen LogP contribution in [0.15, 0.2) is 24.3 Å². The van der Waals surface area contributed by atoms with Gasteiger partial charge in [-0.25, -0.2) is 0 Å². The largest absolute Gasteiger partial charge is 0.382 e. The van der Waals surface area contributed by atoms with Gasteiger partial charge < -0.3 is 10.5 Å². The second kappa shape index (κ2) is 6.18. The topological polar surface area (TPSA) is 35.2 Å². The molecule has 2 unspecified atom stereocenters. The molecule has 1 aliphatic rings. The van der Waals surface area contributed by atoms with Gasteiger partial charge in [0.05, 0.1) is 0 Å². The highest BCUT2D eigenvalue weighted by Gasteiger charge is 2.25. The Balaban J connectivity index is 1.90. The highest BCUT2D eigenvalue weighted by Crippen LogP contribution is 2.35. The molecule has 0 aliphatic heterocycles. The van der Waals surface area contributed by atoms with E-state index in [0.29, 0.717) is 5.92 Å². The van der Waals surface area contributed by atoms with Crippen LogP contribution >= 0.6 is 0 Å². The molecule has 2 rings (SSSR count). The number of ether oxygens (including phenoxy) is 1. The summed E-state index contributed by atoms with van der Waals surface area (Å²) in [6, 6.07) is 8.84. The van der Waals surface area contributed by atoms with Crippen LogP contribution in [0.1, 0.15) is 43.4 Å². The van der Waals surface area contributed by atoms with Crippen molar-refractivity contribution < 1.29 is 4.74 Å². The van der Waals surface area contributed by atoms with Crippen LogP contribution in [0.5, 0.6) is 0 Å². The van der Waals surface area contributed by atoms with Crippen LogP contribution in [0.2, 0.25) is 0 Å². The summed E-state index contributed by atoms with van der Waals surface area (Å²) in [6.45, 7) is 3.74. The predicted molar refractivity (Wildman–Crippen MR) is 70.9 cm³/mol. The molecule has 94 valence electrons. The number of rotatable bonds is 5. The second-order valence-corrected chi connectivity index (χ2v) is 4.86. The van der Waals surface area contributed by atoms with Crippen molar-refractivity contribution in [2.24, 2.45) is 11.7 Å². The highest BCUT2D eigenvalue weighted by molar-refractivity contribution is 5.32. The van der Waals surface area contributed by atoms with Crippen LogP contribution in [0.3, 0.4) is 0 Å². The molecule has 2 nitrogen and oxygen atoms in total. The quantitative estimate of drug-likeness (QED) is 0.793. The molecule has 0 aromatic heterocycles. The first kappa shape index (κ1) is 12.6. The first-order chi connectivity index (χ1) is 8.33.